The summed E-state index contributed by atoms with van der Waals surface area (Å²) in [5.74, 6) is 1.90. The molecule has 5 nitrogen and oxygen atoms in total. The van der Waals surface area contributed by atoms with E-state index >= 15 is 0 Å². The van der Waals surface area contributed by atoms with E-state index in [0.29, 0.717) is 11.2 Å². The summed E-state index contributed by atoms with van der Waals surface area (Å²) in [6.07, 6.45) is 8.03. The zero-order chi connectivity index (χ0) is 20.5. The normalized spacial score (nSPS) is 20.4. The van der Waals surface area contributed by atoms with Crippen molar-refractivity contribution < 1.29 is 4.74 Å². The molecule has 0 amide bonds. The molecule has 5 rings (SSSR count). The van der Waals surface area contributed by atoms with Crippen LogP contribution in [0.4, 0.5) is 5.82 Å². The first-order valence-electron chi connectivity index (χ1n) is 10.7. The zero-order valence-corrected chi connectivity index (χ0v) is 18.0. The molecule has 1 aromatic carbocycles. The van der Waals surface area contributed by atoms with Crippen molar-refractivity contribution in [2.45, 2.75) is 25.3 Å². The molecule has 2 aromatic heterocycles. The number of hydrogen-bond donors (Lipinski definition) is 1. The Balaban J connectivity index is 1.24. The molecule has 0 bridgehead atoms. The molecule has 1 unspecified atom stereocenters. The number of fused-ring (bicyclic) bond motifs is 1. The van der Waals surface area contributed by atoms with E-state index in [4.69, 9.17) is 16.3 Å². The number of aromatic nitrogens is 2. The average Bonchev–Trinajstić information content (AvgIpc) is 3.22. The molecule has 30 heavy (non-hydrogen) atoms. The van der Waals surface area contributed by atoms with Crippen LogP contribution in [0.2, 0.25) is 5.15 Å². The summed E-state index contributed by atoms with van der Waals surface area (Å²) >= 11 is 6.06. The highest BCUT2D eigenvalue weighted by Gasteiger charge is 2.26. The van der Waals surface area contributed by atoms with Crippen LogP contribution in [-0.4, -0.2) is 54.2 Å². The molecule has 1 saturated heterocycles. The minimum Gasteiger partial charge on any atom is -0.497 e. The topological polar surface area (TPSA) is 44.4 Å². The van der Waals surface area contributed by atoms with E-state index in [1.165, 1.54) is 28.5 Å². The lowest BCUT2D eigenvalue weighted by atomic mass is 9.89. The quantitative estimate of drug-likeness (QED) is 0.602. The largest absolute Gasteiger partial charge is 0.497 e. The molecule has 0 saturated carbocycles. The second-order valence-electron chi connectivity index (χ2n) is 8.11. The van der Waals surface area contributed by atoms with Crippen LogP contribution in [0.15, 0.2) is 48.7 Å². The standard InChI is InChI=1S/C24H27ClN4O/c1-30-19-9-10-22-20(15-19)21(16-26-22)17-5-7-18(8-6-17)28-11-13-29(14-12-28)24-4-2-3-23(25)27-24/h2-5,9-10,15-16,18,26H,6-8,11-14H2,1H3. The van der Waals surface area contributed by atoms with Crippen LogP contribution < -0.4 is 9.64 Å². The number of halogens is 1. The van der Waals surface area contributed by atoms with E-state index in [0.717, 1.165) is 50.6 Å². The van der Waals surface area contributed by atoms with E-state index < -0.39 is 0 Å². The van der Waals surface area contributed by atoms with Crippen LogP contribution in [0, 0.1) is 0 Å². The van der Waals surface area contributed by atoms with Crippen molar-refractivity contribution in [3.63, 3.8) is 0 Å². The zero-order valence-electron chi connectivity index (χ0n) is 17.3. The van der Waals surface area contributed by atoms with Gasteiger partial charge in [0.2, 0.25) is 0 Å². The van der Waals surface area contributed by atoms with Gasteiger partial charge in [0.15, 0.2) is 0 Å². The molecule has 1 aliphatic carbocycles. The molecule has 3 heterocycles. The maximum absolute atomic E-state index is 6.06. The fraction of sp³-hybridized carbons (Fsp3) is 0.375. The number of ether oxygens (including phenoxy) is 1. The van der Waals surface area contributed by atoms with Crippen LogP contribution in [-0.2, 0) is 0 Å². The Hall–Kier alpha value is -2.50. The fourth-order valence-electron chi connectivity index (χ4n) is 4.78. The Morgan fingerprint density at radius 1 is 1.13 bits per heavy atom. The number of nitrogens with one attached hydrogen (secondary N) is 1. The first-order chi connectivity index (χ1) is 14.7. The van der Waals surface area contributed by atoms with E-state index in [1.807, 2.05) is 24.3 Å². The van der Waals surface area contributed by atoms with Crippen molar-refractivity contribution in [3.8, 4) is 5.75 Å². The molecule has 0 radical (unpaired) electrons. The molecule has 2 aliphatic rings. The van der Waals surface area contributed by atoms with Gasteiger partial charge in [0.05, 0.1) is 7.11 Å². The first kappa shape index (κ1) is 19.5. The van der Waals surface area contributed by atoms with Gasteiger partial charge in [0.25, 0.3) is 0 Å². The van der Waals surface area contributed by atoms with Gasteiger partial charge in [0, 0.05) is 54.9 Å². The number of anilines is 1. The summed E-state index contributed by atoms with van der Waals surface area (Å²) < 4.78 is 5.42. The summed E-state index contributed by atoms with van der Waals surface area (Å²) in [6, 6.07) is 12.7. The lowest BCUT2D eigenvalue weighted by molar-refractivity contribution is 0.175. The Morgan fingerprint density at radius 3 is 2.73 bits per heavy atom. The minimum atomic E-state index is 0.565. The van der Waals surface area contributed by atoms with Crippen molar-refractivity contribution in [1.29, 1.82) is 0 Å². The second-order valence-corrected chi connectivity index (χ2v) is 8.50. The molecule has 6 heteroatoms. The molecule has 156 valence electrons. The van der Waals surface area contributed by atoms with Crippen LogP contribution >= 0.6 is 11.6 Å². The molecule has 1 N–H and O–H groups in total. The van der Waals surface area contributed by atoms with Gasteiger partial charge < -0.3 is 14.6 Å². The van der Waals surface area contributed by atoms with Gasteiger partial charge in [0.1, 0.15) is 16.7 Å². The lowest BCUT2D eigenvalue weighted by Gasteiger charge is -2.40. The van der Waals surface area contributed by atoms with Gasteiger partial charge in [-0.1, -0.05) is 23.7 Å². The molecule has 1 aliphatic heterocycles. The van der Waals surface area contributed by atoms with Gasteiger partial charge in [-0.3, -0.25) is 4.90 Å². The fourth-order valence-corrected chi connectivity index (χ4v) is 4.94. The molecule has 0 spiro atoms. The molecule has 1 fully saturated rings. The van der Waals surface area contributed by atoms with E-state index in [-0.39, 0.29) is 0 Å². The number of rotatable bonds is 4. The number of methoxy groups -OCH3 is 1. The summed E-state index contributed by atoms with van der Waals surface area (Å²) in [5, 5.41) is 1.82. The maximum Gasteiger partial charge on any atom is 0.131 e. The van der Waals surface area contributed by atoms with E-state index in [9.17, 15) is 0 Å². The Labute approximate surface area is 182 Å². The van der Waals surface area contributed by atoms with E-state index in [1.54, 1.807) is 7.11 Å². The number of aromatic amines is 1. The van der Waals surface area contributed by atoms with Crippen molar-refractivity contribution >= 4 is 33.9 Å². The smallest absolute Gasteiger partial charge is 0.131 e. The number of pyridine rings is 1. The summed E-state index contributed by atoms with van der Waals surface area (Å²) in [4.78, 5) is 12.9. The Morgan fingerprint density at radius 2 is 2.00 bits per heavy atom. The minimum absolute atomic E-state index is 0.565. The third-order valence-electron chi connectivity index (χ3n) is 6.47. The molecular weight excluding hydrogens is 396 g/mol. The van der Waals surface area contributed by atoms with Crippen LogP contribution in [0.25, 0.3) is 16.5 Å². The second kappa shape index (κ2) is 8.32. The molecule has 1 atom stereocenters. The van der Waals surface area contributed by atoms with Crippen molar-refractivity contribution in [2.24, 2.45) is 0 Å². The lowest BCUT2D eigenvalue weighted by Crippen LogP contribution is -2.50. The summed E-state index contributed by atoms with van der Waals surface area (Å²) in [7, 11) is 1.72. The highest BCUT2D eigenvalue weighted by molar-refractivity contribution is 6.29. The van der Waals surface area contributed by atoms with Crippen molar-refractivity contribution in [2.75, 3.05) is 38.2 Å². The third kappa shape index (κ3) is 3.80. The number of allylic oxidation sites excluding steroid dienone is 1. The molecule has 3 aromatic rings. The molecular formula is C24H27ClN4O. The number of piperazine rings is 1. The highest BCUT2D eigenvalue weighted by Crippen LogP contribution is 2.35. The summed E-state index contributed by atoms with van der Waals surface area (Å²) in [6.45, 7) is 4.16. The highest BCUT2D eigenvalue weighted by atomic mass is 35.5. The van der Waals surface area contributed by atoms with Crippen molar-refractivity contribution in [1.82, 2.24) is 14.9 Å². The third-order valence-corrected chi connectivity index (χ3v) is 6.68. The predicted octanol–water partition coefficient (Wildman–Crippen LogP) is 4.98. The number of H-pyrrole nitrogens is 1. The van der Waals surface area contributed by atoms with Crippen LogP contribution in [0.1, 0.15) is 24.8 Å². The Kier molecular flexibility index (Phi) is 5.40. The predicted molar refractivity (Wildman–Crippen MR) is 123 cm³/mol. The van der Waals surface area contributed by atoms with Crippen LogP contribution in [0.3, 0.4) is 0 Å². The van der Waals surface area contributed by atoms with E-state index in [2.05, 4.69) is 44.2 Å². The van der Waals surface area contributed by atoms with Gasteiger partial charge >= 0.3 is 0 Å². The van der Waals surface area contributed by atoms with Gasteiger partial charge in [-0.05, 0) is 55.2 Å². The average molecular weight is 423 g/mol. The maximum atomic E-state index is 6.06. The monoisotopic (exact) mass is 422 g/mol. The summed E-state index contributed by atoms with van der Waals surface area (Å²) in [5.41, 5.74) is 3.94. The van der Waals surface area contributed by atoms with Crippen molar-refractivity contribution in [3.05, 3.63) is 59.4 Å². The van der Waals surface area contributed by atoms with Crippen LogP contribution in [0.5, 0.6) is 5.75 Å². The SMILES string of the molecule is COc1ccc2[nH]cc(C3=CCC(N4CCN(c5cccc(Cl)n5)CC4)CC3)c2c1. The van der Waals surface area contributed by atoms with Gasteiger partial charge in [-0.15, -0.1) is 0 Å². The number of nitrogens with zero attached hydrogens (tertiary/aromatic N) is 3. The first-order valence-corrected chi connectivity index (χ1v) is 11.0. The van der Waals surface area contributed by atoms with Gasteiger partial charge in [-0.2, -0.15) is 0 Å². The number of benzene rings is 1. The van der Waals surface area contributed by atoms with Gasteiger partial charge in [-0.25, -0.2) is 4.98 Å². The Bertz CT molecular complexity index is 1070. The number of hydrogen-bond acceptors (Lipinski definition) is 4.